The van der Waals surface area contributed by atoms with E-state index in [4.69, 9.17) is 10.8 Å². The molecule has 124 valence electrons. The molecular weight excluding hydrogens is 306 g/mol. The number of aromatic nitrogens is 3. The molecule has 3 N–H and O–H groups in total. The number of carbonyl (C=O) groups is 1. The highest BCUT2D eigenvalue weighted by atomic mass is 16.4. The molecule has 0 aromatic carbocycles. The number of aromatic carboxylic acids is 1. The van der Waals surface area contributed by atoms with Crippen molar-refractivity contribution in [2.24, 2.45) is 0 Å². The second-order valence-corrected chi connectivity index (χ2v) is 6.61. The number of hydrogen-bond acceptors (Lipinski definition) is 6. The van der Waals surface area contributed by atoms with Crippen LogP contribution in [0.15, 0.2) is 24.5 Å². The minimum absolute atomic E-state index is 0.0166. The molecule has 2 aromatic rings. The number of carboxylic acid groups (broad SMARTS) is 1. The first-order valence-electron chi connectivity index (χ1n) is 8.14. The molecule has 0 radical (unpaired) electrons. The Labute approximate surface area is 139 Å². The molecule has 2 aromatic heterocycles. The maximum absolute atomic E-state index is 11.2. The summed E-state index contributed by atoms with van der Waals surface area (Å²) < 4.78 is 0. The number of hydrogen-bond donors (Lipinski definition) is 2. The number of nitrogen functional groups attached to an aromatic ring is 1. The van der Waals surface area contributed by atoms with E-state index < -0.39 is 5.97 Å². The molecule has 3 heterocycles. The number of anilines is 2. The predicted molar refractivity (Wildman–Crippen MR) is 89.1 cm³/mol. The van der Waals surface area contributed by atoms with E-state index >= 15 is 0 Å². The summed E-state index contributed by atoms with van der Waals surface area (Å²) in [4.78, 5) is 26.0. The van der Waals surface area contributed by atoms with Gasteiger partial charge in [0, 0.05) is 36.6 Å². The van der Waals surface area contributed by atoms with Crippen molar-refractivity contribution in [3.63, 3.8) is 0 Å². The molecule has 1 fully saturated rings. The Morgan fingerprint density at radius 1 is 1.33 bits per heavy atom. The minimum atomic E-state index is -1.00. The van der Waals surface area contributed by atoms with Gasteiger partial charge in [-0.1, -0.05) is 0 Å². The fourth-order valence-electron chi connectivity index (χ4n) is 4.04. The summed E-state index contributed by atoms with van der Waals surface area (Å²) in [5.41, 5.74) is 9.03. The van der Waals surface area contributed by atoms with Gasteiger partial charge in [-0.3, -0.25) is 0 Å². The number of pyridine rings is 1. The fraction of sp³-hybridized carbons (Fsp3) is 0.412. The SMILES string of the molecule is Nc1ncc2c(n1)C1(CCCN(c3ccnc(C(=O)O)c3)C1)CC2. The lowest BCUT2D eigenvalue weighted by Crippen LogP contribution is -2.45. The Balaban J connectivity index is 1.67. The molecule has 0 saturated carbocycles. The third-order valence-electron chi connectivity index (χ3n) is 5.16. The van der Waals surface area contributed by atoms with Crippen LogP contribution in [0.1, 0.15) is 41.0 Å². The predicted octanol–water partition coefficient (Wildman–Crippen LogP) is 1.64. The van der Waals surface area contributed by atoms with Gasteiger partial charge in [0.1, 0.15) is 5.69 Å². The summed E-state index contributed by atoms with van der Waals surface area (Å²) in [5, 5.41) is 9.16. The first kappa shape index (κ1) is 14.9. The lowest BCUT2D eigenvalue weighted by Gasteiger charge is -2.41. The number of nitrogens with zero attached hydrogens (tertiary/aromatic N) is 4. The van der Waals surface area contributed by atoms with Gasteiger partial charge >= 0.3 is 5.97 Å². The average Bonchev–Trinajstić information content (AvgIpc) is 2.93. The average molecular weight is 325 g/mol. The summed E-state index contributed by atoms with van der Waals surface area (Å²) in [6.07, 6.45) is 7.52. The summed E-state index contributed by atoms with van der Waals surface area (Å²) in [6, 6.07) is 3.52. The standard InChI is InChI=1S/C17H19N5O2/c18-16-20-9-11-2-5-17(14(11)21-16)4-1-7-22(10-17)12-3-6-19-13(8-12)15(23)24/h3,6,8-9H,1-2,4-5,7,10H2,(H,23,24)(H2,18,20,21). The Bertz CT molecular complexity index is 805. The van der Waals surface area contributed by atoms with Crippen molar-refractivity contribution in [1.29, 1.82) is 0 Å². The van der Waals surface area contributed by atoms with Gasteiger partial charge in [-0.15, -0.1) is 0 Å². The highest BCUT2D eigenvalue weighted by Gasteiger charge is 2.43. The number of fused-ring (bicyclic) bond motifs is 2. The van der Waals surface area contributed by atoms with Crippen LogP contribution in [-0.2, 0) is 11.8 Å². The quantitative estimate of drug-likeness (QED) is 0.864. The van der Waals surface area contributed by atoms with Crippen molar-refractivity contribution in [2.45, 2.75) is 31.1 Å². The van der Waals surface area contributed by atoms with Crippen LogP contribution >= 0.6 is 0 Å². The summed E-state index contributed by atoms with van der Waals surface area (Å²) in [6.45, 7) is 1.72. The Morgan fingerprint density at radius 3 is 3.04 bits per heavy atom. The molecule has 1 atom stereocenters. The Hall–Kier alpha value is -2.70. The molecule has 7 nitrogen and oxygen atoms in total. The third-order valence-corrected chi connectivity index (χ3v) is 5.16. The molecule has 1 aliphatic heterocycles. The van der Waals surface area contributed by atoms with Gasteiger partial charge in [0.25, 0.3) is 0 Å². The molecule has 2 aliphatic rings. The highest BCUT2D eigenvalue weighted by Crippen LogP contribution is 2.44. The van der Waals surface area contributed by atoms with E-state index in [2.05, 4.69) is 19.9 Å². The first-order chi connectivity index (χ1) is 11.6. The van der Waals surface area contributed by atoms with Gasteiger partial charge in [0.15, 0.2) is 0 Å². The van der Waals surface area contributed by atoms with Crippen LogP contribution in [0.25, 0.3) is 0 Å². The lowest BCUT2D eigenvalue weighted by atomic mass is 9.77. The summed E-state index contributed by atoms with van der Waals surface area (Å²) in [5.74, 6) is -0.681. The smallest absolute Gasteiger partial charge is 0.354 e. The Morgan fingerprint density at radius 2 is 2.21 bits per heavy atom. The van der Waals surface area contributed by atoms with Crippen molar-refractivity contribution in [3.8, 4) is 0 Å². The number of aryl methyl sites for hydroxylation is 1. The van der Waals surface area contributed by atoms with E-state index in [1.165, 1.54) is 5.56 Å². The van der Waals surface area contributed by atoms with Gasteiger partial charge in [0.05, 0.1) is 5.69 Å². The van der Waals surface area contributed by atoms with Crippen LogP contribution in [-0.4, -0.2) is 39.1 Å². The summed E-state index contributed by atoms with van der Waals surface area (Å²) >= 11 is 0. The Kier molecular flexibility index (Phi) is 3.37. The number of carboxylic acids is 1. The van der Waals surface area contributed by atoms with Crippen LogP contribution in [0.3, 0.4) is 0 Å². The van der Waals surface area contributed by atoms with Gasteiger partial charge in [0.2, 0.25) is 5.95 Å². The van der Waals surface area contributed by atoms with Crippen LogP contribution in [0.2, 0.25) is 0 Å². The molecule has 0 bridgehead atoms. The maximum atomic E-state index is 11.2. The second-order valence-electron chi connectivity index (χ2n) is 6.61. The first-order valence-corrected chi connectivity index (χ1v) is 8.14. The van der Waals surface area contributed by atoms with Crippen molar-refractivity contribution in [3.05, 3.63) is 41.5 Å². The maximum Gasteiger partial charge on any atom is 0.354 e. The monoisotopic (exact) mass is 325 g/mol. The van der Waals surface area contributed by atoms with Crippen LogP contribution in [0.4, 0.5) is 11.6 Å². The van der Waals surface area contributed by atoms with E-state index in [1.807, 2.05) is 12.3 Å². The zero-order valence-corrected chi connectivity index (χ0v) is 13.3. The van der Waals surface area contributed by atoms with Crippen LogP contribution in [0.5, 0.6) is 0 Å². The van der Waals surface area contributed by atoms with Crippen LogP contribution < -0.4 is 10.6 Å². The second kappa shape index (κ2) is 5.43. The normalized spacial score (nSPS) is 22.6. The van der Waals surface area contributed by atoms with E-state index in [1.54, 1.807) is 12.3 Å². The van der Waals surface area contributed by atoms with Gasteiger partial charge < -0.3 is 15.7 Å². The molecular formula is C17H19N5O2. The molecule has 7 heteroatoms. The zero-order valence-electron chi connectivity index (χ0n) is 13.3. The minimum Gasteiger partial charge on any atom is -0.477 e. The molecule has 1 unspecified atom stereocenters. The summed E-state index contributed by atoms with van der Waals surface area (Å²) in [7, 11) is 0. The molecule has 1 aliphatic carbocycles. The molecule has 1 spiro atoms. The van der Waals surface area contributed by atoms with Gasteiger partial charge in [-0.05, 0) is 43.4 Å². The molecule has 24 heavy (non-hydrogen) atoms. The molecule has 1 saturated heterocycles. The number of piperidine rings is 1. The van der Waals surface area contributed by atoms with Crippen LogP contribution in [0, 0.1) is 0 Å². The van der Waals surface area contributed by atoms with Crippen molar-refractivity contribution in [2.75, 3.05) is 23.7 Å². The van der Waals surface area contributed by atoms with Crippen molar-refractivity contribution < 1.29 is 9.90 Å². The largest absolute Gasteiger partial charge is 0.477 e. The fourth-order valence-corrected chi connectivity index (χ4v) is 4.04. The van der Waals surface area contributed by atoms with Gasteiger partial charge in [-0.25, -0.2) is 19.7 Å². The lowest BCUT2D eigenvalue weighted by molar-refractivity contribution is 0.0690. The van der Waals surface area contributed by atoms with E-state index in [9.17, 15) is 4.79 Å². The zero-order chi connectivity index (χ0) is 16.7. The number of rotatable bonds is 2. The third kappa shape index (κ3) is 2.36. The highest BCUT2D eigenvalue weighted by molar-refractivity contribution is 5.86. The van der Waals surface area contributed by atoms with E-state index in [0.717, 1.165) is 50.2 Å². The molecule has 4 rings (SSSR count). The van der Waals surface area contributed by atoms with E-state index in [0.29, 0.717) is 5.95 Å². The topological polar surface area (TPSA) is 105 Å². The van der Waals surface area contributed by atoms with E-state index in [-0.39, 0.29) is 11.1 Å². The van der Waals surface area contributed by atoms with Crippen molar-refractivity contribution >= 4 is 17.6 Å². The van der Waals surface area contributed by atoms with Crippen molar-refractivity contribution in [1.82, 2.24) is 15.0 Å². The number of nitrogens with two attached hydrogens (primary N) is 1. The van der Waals surface area contributed by atoms with Gasteiger partial charge in [-0.2, -0.15) is 0 Å². The molecule has 0 amide bonds.